The van der Waals surface area contributed by atoms with Crippen LogP contribution in [0.2, 0.25) is 0 Å². The number of hydrogen-bond acceptors (Lipinski definition) is 1. The van der Waals surface area contributed by atoms with E-state index in [2.05, 4.69) is 48.0 Å². The smallest absolute Gasteiger partial charge is 0.120 e. The van der Waals surface area contributed by atoms with E-state index < -0.39 is 0 Å². The third kappa shape index (κ3) is 3.48. The van der Waals surface area contributed by atoms with Gasteiger partial charge in [-0.05, 0) is 62.3 Å². The lowest BCUT2D eigenvalue weighted by Crippen LogP contribution is -2.23. The second-order valence-electron chi connectivity index (χ2n) is 5.08. The molecule has 1 aliphatic carbocycles. The van der Waals surface area contributed by atoms with Crippen molar-refractivity contribution in [2.24, 2.45) is 5.92 Å². The van der Waals surface area contributed by atoms with Gasteiger partial charge < -0.3 is 4.74 Å². The fourth-order valence-corrected chi connectivity index (χ4v) is 2.79. The Hall–Kier alpha value is -0.500. The molecule has 0 N–H and O–H groups in total. The minimum absolute atomic E-state index is 0.429. The molecule has 1 nitrogen and oxygen atoms in total. The van der Waals surface area contributed by atoms with Crippen LogP contribution in [0.25, 0.3) is 0 Å². The van der Waals surface area contributed by atoms with Gasteiger partial charge in [-0.1, -0.05) is 29.3 Å². The normalized spacial score (nSPS) is 24.6. The summed E-state index contributed by atoms with van der Waals surface area (Å²) in [5, 5.41) is 0. The van der Waals surface area contributed by atoms with Crippen molar-refractivity contribution < 1.29 is 4.74 Å². The Labute approximate surface area is 113 Å². The van der Waals surface area contributed by atoms with Crippen LogP contribution in [0, 0.1) is 12.8 Å². The van der Waals surface area contributed by atoms with Gasteiger partial charge in [0.1, 0.15) is 5.75 Å². The zero-order valence-corrected chi connectivity index (χ0v) is 12.3. The Bertz CT molecular complexity index is 367. The molecule has 0 spiro atoms. The van der Waals surface area contributed by atoms with E-state index in [1.54, 1.807) is 0 Å². The van der Waals surface area contributed by atoms with Crippen LogP contribution in [0.4, 0.5) is 0 Å². The van der Waals surface area contributed by atoms with E-state index in [1.807, 2.05) is 0 Å². The van der Waals surface area contributed by atoms with Crippen molar-refractivity contribution in [3.05, 3.63) is 28.2 Å². The van der Waals surface area contributed by atoms with Crippen molar-refractivity contribution in [3.63, 3.8) is 0 Å². The van der Waals surface area contributed by atoms with Crippen LogP contribution in [-0.2, 0) is 0 Å². The average molecular weight is 297 g/mol. The Balaban J connectivity index is 1.91. The summed E-state index contributed by atoms with van der Waals surface area (Å²) in [7, 11) is 0. The number of rotatable bonds is 3. The molecule has 0 aromatic heterocycles. The first kappa shape index (κ1) is 12.9. The zero-order chi connectivity index (χ0) is 12.3. The highest BCUT2D eigenvalue weighted by atomic mass is 79.9. The number of halogens is 1. The molecule has 17 heavy (non-hydrogen) atoms. The van der Waals surface area contributed by atoms with E-state index in [0.29, 0.717) is 6.10 Å². The molecule has 0 bridgehead atoms. The van der Waals surface area contributed by atoms with Crippen LogP contribution in [-0.4, -0.2) is 6.10 Å². The number of hydrogen-bond donors (Lipinski definition) is 0. The lowest BCUT2D eigenvalue weighted by Gasteiger charge is -2.28. The van der Waals surface area contributed by atoms with Crippen LogP contribution in [0.15, 0.2) is 22.7 Å². The van der Waals surface area contributed by atoms with E-state index in [-0.39, 0.29) is 0 Å². The van der Waals surface area contributed by atoms with Gasteiger partial charge in [0.15, 0.2) is 0 Å². The van der Waals surface area contributed by atoms with E-state index >= 15 is 0 Å². The molecule has 2 heteroatoms. The van der Waals surface area contributed by atoms with Gasteiger partial charge in [-0.15, -0.1) is 0 Å². The van der Waals surface area contributed by atoms with Gasteiger partial charge in [0.05, 0.1) is 6.10 Å². The van der Waals surface area contributed by atoms with Gasteiger partial charge in [0.25, 0.3) is 0 Å². The predicted molar refractivity (Wildman–Crippen MR) is 75.5 cm³/mol. The zero-order valence-electron chi connectivity index (χ0n) is 10.7. The van der Waals surface area contributed by atoms with E-state index in [9.17, 15) is 0 Å². The molecular weight excluding hydrogens is 276 g/mol. The summed E-state index contributed by atoms with van der Waals surface area (Å²) in [6.07, 6.45) is 6.84. The van der Waals surface area contributed by atoms with Crippen LogP contribution in [0.1, 0.15) is 44.6 Å². The second kappa shape index (κ2) is 5.90. The third-order valence-corrected chi connectivity index (χ3v) is 4.69. The Morgan fingerprint density at radius 1 is 1.24 bits per heavy atom. The van der Waals surface area contributed by atoms with Crippen molar-refractivity contribution in [1.82, 2.24) is 0 Å². The monoisotopic (exact) mass is 296 g/mol. The average Bonchev–Trinajstić information content (AvgIpc) is 2.35. The van der Waals surface area contributed by atoms with Crippen molar-refractivity contribution in [2.45, 2.75) is 52.1 Å². The largest absolute Gasteiger partial charge is 0.490 e. The summed E-state index contributed by atoms with van der Waals surface area (Å²) < 4.78 is 7.22. The molecule has 1 fully saturated rings. The van der Waals surface area contributed by atoms with E-state index in [4.69, 9.17) is 4.74 Å². The van der Waals surface area contributed by atoms with Crippen LogP contribution < -0.4 is 4.74 Å². The van der Waals surface area contributed by atoms with Crippen molar-refractivity contribution >= 4 is 15.9 Å². The van der Waals surface area contributed by atoms with Gasteiger partial charge in [-0.2, -0.15) is 0 Å². The first-order valence-corrected chi connectivity index (χ1v) is 7.41. The van der Waals surface area contributed by atoms with Crippen LogP contribution in [0.3, 0.4) is 0 Å². The predicted octanol–water partition coefficient (Wildman–Crippen LogP) is 5.11. The lowest BCUT2D eigenvalue weighted by atomic mass is 9.86. The van der Waals surface area contributed by atoms with Crippen molar-refractivity contribution in [1.29, 1.82) is 0 Å². The molecule has 2 rings (SSSR count). The lowest BCUT2D eigenvalue weighted by molar-refractivity contribution is 0.130. The molecule has 0 unspecified atom stereocenters. The maximum atomic E-state index is 6.06. The summed E-state index contributed by atoms with van der Waals surface area (Å²) in [6, 6.07) is 6.25. The Morgan fingerprint density at radius 2 is 1.94 bits per heavy atom. The molecule has 0 radical (unpaired) electrons. The summed E-state index contributed by atoms with van der Waals surface area (Å²) in [5.74, 6) is 1.95. The topological polar surface area (TPSA) is 9.23 Å². The highest BCUT2D eigenvalue weighted by molar-refractivity contribution is 9.10. The first-order valence-electron chi connectivity index (χ1n) is 6.62. The molecule has 1 aromatic rings. The molecule has 0 amide bonds. The molecule has 1 aliphatic rings. The Kier molecular flexibility index (Phi) is 4.49. The van der Waals surface area contributed by atoms with Crippen molar-refractivity contribution in [2.75, 3.05) is 0 Å². The molecule has 1 saturated carbocycles. The van der Waals surface area contributed by atoms with Crippen molar-refractivity contribution in [3.8, 4) is 5.75 Å². The minimum Gasteiger partial charge on any atom is -0.490 e. The maximum Gasteiger partial charge on any atom is 0.120 e. The summed E-state index contributed by atoms with van der Waals surface area (Å²) >= 11 is 3.52. The maximum absolute atomic E-state index is 6.06. The summed E-state index contributed by atoms with van der Waals surface area (Å²) in [4.78, 5) is 0. The molecule has 1 aromatic carbocycles. The van der Waals surface area contributed by atoms with Gasteiger partial charge >= 0.3 is 0 Å². The SMILES string of the molecule is CCC1CCC(Oc2ccc(Br)c(C)c2)CC1. The number of ether oxygens (including phenoxy) is 1. The van der Waals surface area contributed by atoms with Gasteiger partial charge in [-0.25, -0.2) is 0 Å². The molecule has 0 heterocycles. The minimum atomic E-state index is 0.429. The van der Waals surface area contributed by atoms with Crippen LogP contribution in [0.5, 0.6) is 5.75 Å². The third-order valence-electron chi connectivity index (χ3n) is 3.80. The number of benzene rings is 1. The Morgan fingerprint density at radius 3 is 2.53 bits per heavy atom. The quantitative estimate of drug-likeness (QED) is 0.753. The molecule has 0 atom stereocenters. The standard InChI is InChI=1S/C15H21BrO/c1-3-12-4-6-13(7-5-12)17-14-8-9-15(16)11(2)10-14/h8-10,12-13H,3-7H2,1-2H3. The summed E-state index contributed by atoms with van der Waals surface area (Å²) in [6.45, 7) is 4.40. The molecule has 94 valence electrons. The fraction of sp³-hybridized carbons (Fsp3) is 0.600. The number of aryl methyl sites for hydroxylation is 1. The first-order chi connectivity index (χ1) is 8.19. The second-order valence-corrected chi connectivity index (χ2v) is 5.93. The van der Waals surface area contributed by atoms with E-state index in [0.717, 1.165) is 16.1 Å². The summed E-state index contributed by atoms with van der Waals surface area (Å²) in [5.41, 5.74) is 1.24. The highest BCUT2D eigenvalue weighted by Gasteiger charge is 2.21. The van der Waals surface area contributed by atoms with Gasteiger partial charge in [0, 0.05) is 4.47 Å². The fourth-order valence-electron chi connectivity index (χ4n) is 2.54. The highest BCUT2D eigenvalue weighted by Crippen LogP contribution is 2.30. The molecule has 0 saturated heterocycles. The molecular formula is C15H21BrO. The van der Waals surface area contributed by atoms with Gasteiger partial charge in [0.2, 0.25) is 0 Å². The van der Waals surface area contributed by atoms with Crippen LogP contribution >= 0.6 is 15.9 Å². The van der Waals surface area contributed by atoms with E-state index in [1.165, 1.54) is 37.7 Å². The molecule has 0 aliphatic heterocycles. The van der Waals surface area contributed by atoms with Gasteiger partial charge in [-0.3, -0.25) is 0 Å².